The van der Waals surface area contributed by atoms with Crippen LogP contribution in [-0.2, 0) is 0 Å². The molecule has 0 saturated heterocycles. The fraction of sp³-hybridized carbons (Fsp3) is 0.478. The summed E-state index contributed by atoms with van der Waals surface area (Å²) in [7, 11) is 1.91. The quantitative estimate of drug-likeness (QED) is 0.316. The zero-order valence-electron chi connectivity index (χ0n) is 18.5. The second-order valence-corrected chi connectivity index (χ2v) is 7.22. The van der Waals surface area contributed by atoms with Crippen LogP contribution in [-0.4, -0.2) is 44.5 Å². The number of anilines is 2. The Morgan fingerprint density at radius 3 is 2.55 bits per heavy atom. The van der Waals surface area contributed by atoms with Crippen molar-refractivity contribution in [2.45, 2.75) is 40.5 Å². The fourth-order valence-electron chi connectivity index (χ4n) is 3.03. The lowest BCUT2D eigenvalue weighted by atomic mass is 10.1. The molecule has 2 aromatic rings. The molecule has 2 rings (SSSR count). The number of likely N-dealkylation sites (N-methyl/N-ethyl adjacent to an activating group) is 1. The molecular formula is C23H35N5O. The van der Waals surface area contributed by atoms with E-state index in [0.29, 0.717) is 12.5 Å². The van der Waals surface area contributed by atoms with Crippen molar-refractivity contribution in [2.24, 2.45) is 5.10 Å². The number of benzene rings is 1. The molecule has 1 aromatic carbocycles. The minimum Gasteiger partial charge on any atom is -0.476 e. The largest absolute Gasteiger partial charge is 0.476 e. The highest BCUT2D eigenvalue weighted by Crippen LogP contribution is 2.22. The molecule has 0 spiro atoms. The molecule has 6 heteroatoms. The predicted molar refractivity (Wildman–Crippen MR) is 124 cm³/mol. The van der Waals surface area contributed by atoms with Crippen LogP contribution in [0.2, 0.25) is 0 Å². The first kappa shape index (κ1) is 22.7. The van der Waals surface area contributed by atoms with E-state index in [0.717, 1.165) is 55.1 Å². The molecule has 0 saturated carbocycles. The van der Waals surface area contributed by atoms with Crippen molar-refractivity contribution in [3.8, 4) is 5.88 Å². The third kappa shape index (κ3) is 7.38. The van der Waals surface area contributed by atoms with Crippen molar-refractivity contribution >= 4 is 17.6 Å². The lowest BCUT2D eigenvalue weighted by molar-refractivity contribution is 0.306. The number of pyridine rings is 1. The zero-order chi connectivity index (χ0) is 21.1. The van der Waals surface area contributed by atoms with Gasteiger partial charge in [0.1, 0.15) is 6.61 Å². The molecule has 6 nitrogen and oxygen atoms in total. The van der Waals surface area contributed by atoms with Crippen LogP contribution in [0.5, 0.6) is 5.88 Å². The van der Waals surface area contributed by atoms with Crippen LogP contribution >= 0.6 is 0 Å². The van der Waals surface area contributed by atoms with Crippen molar-refractivity contribution in [3.05, 3.63) is 47.2 Å². The van der Waals surface area contributed by atoms with Gasteiger partial charge in [-0.3, -0.25) is 5.43 Å². The van der Waals surface area contributed by atoms with Gasteiger partial charge in [-0.2, -0.15) is 5.10 Å². The number of hydrazone groups is 1. The lowest BCUT2D eigenvalue weighted by Crippen LogP contribution is -2.25. The highest BCUT2D eigenvalue weighted by molar-refractivity contribution is 5.80. The molecular weight excluding hydrogens is 362 g/mol. The number of aromatic nitrogens is 1. The van der Waals surface area contributed by atoms with Crippen LogP contribution < -0.4 is 20.4 Å². The minimum absolute atomic E-state index is 0.575. The van der Waals surface area contributed by atoms with Gasteiger partial charge >= 0.3 is 0 Å². The normalized spacial score (nSPS) is 11.1. The molecule has 1 heterocycles. The number of ether oxygens (including phenoxy) is 1. The monoisotopic (exact) mass is 397 g/mol. The van der Waals surface area contributed by atoms with Gasteiger partial charge in [0.25, 0.3) is 0 Å². The highest BCUT2D eigenvalue weighted by atomic mass is 16.5. The van der Waals surface area contributed by atoms with Crippen molar-refractivity contribution < 1.29 is 4.74 Å². The van der Waals surface area contributed by atoms with Gasteiger partial charge in [-0.05, 0) is 57.0 Å². The Balaban J connectivity index is 2.24. The molecule has 0 aliphatic rings. The van der Waals surface area contributed by atoms with E-state index >= 15 is 0 Å². The Morgan fingerprint density at radius 2 is 1.86 bits per heavy atom. The van der Waals surface area contributed by atoms with Gasteiger partial charge in [0, 0.05) is 31.4 Å². The summed E-state index contributed by atoms with van der Waals surface area (Å²) in [4.78, 5) is 6.99. The Hall–Kier alpha value is -2.60. The summed E-state index contributed by atoms with van der Waals surface area (Å²) in [6.45, 7) is 11.9. The smallest absolute Gasteiger partial charge is 0.215 e. The van der Waals surface area contributed by atoms with Crippen molar-refractivity contribution in [1.82, 2.24) is 10.3 Å². The second kappa shape index (κ2) is 12.1. The lowest BCUT2D eigenvalue weighted by Gasteiger charge is -2.24. The van der Waals surface area contributed by atoms with Gasteiger partial charge in [-0.25, -0.2) is 4.98 Å². The number of hydrogen-bond donors (Lipinski definition) is 2. The summed E-state index contributed by atoms with van der Waals surface area (Å²) >= 11 is 0. The molecule has 0 unspecified atom stereocenters. The second-order valence-electron chi connectivity index (χ2n) is 7.22. The first-order valence-electron chi connectivity index (χ1n) is 10.5. The Bertz CT molecular complexity index is 785. The van der Waals surface area contributed by atoms with Crippen LogP contribution in [0.25, 0.3) is 0 Å². The van der Waals surface area contributed by atoms with E-state index in [2.05, 4.69) is 77.7 Å². The van der Waals surface area contributed by atoms with E-state index in [9.17, 15) is 0 Å². The number of nitrogens with one attached hydrogen (secondary N) is 2. The van der Waals surface area contributed by atoms with E-state index in [1.807, 2.05) is 13.1 Å². The summed E-state index contributed by atoms with van der Waals surface area (Å²) < 4.78 is 5.85. The van der Waals surface area contributed by atoms with Gasteiger partial charge < -0.3 is 15.0 Å². The van der Waals surface area contributed by atoms with Gasteiger partial charge in [-0.1, -0.05) is 26.0 Å². The summed E-state index contributed by atoms with van der Waals surface area (Å²) in [5.41, 5.74) is 8.39. The van der Waals surface area contributed by atoms with Gasteiger partial charge in [0.2, 0.25) is 5.88 Å². The average molecular weight is 398 g/mol. The SMILES string of the molecule is CCCN(CCC)c1cc(/C=N/Nc2cc(C)ccc2C)nc(OCCNC)c1. The maximum atomic E-state index is 5.85. The Labute approximate surface area is 175 Å². The summed E-state index contributed by atoms with van der Waals surface area (Å²) in [5.74, 6) is 0.628. The van der Waals surface area contributed by atoms with Crippen LogP contribution in [0.15, 0.2) is 35.4 Å². The van der Waals surface area contributed by atoms with E-state index in [-0.39, 0.29) is 0 Å². The number of nitrogens with zero attached hydrogens (tertiary/aromatic N) is 3. The standard InChI is InChI=1S/C23H35N5O/c1-6-11-28(12-7-2)21-15-20(26-23(16-21)29-13-10-24-5)17-25-27-22-14-18(3)8-9-19(22)4/h8-9,14-17,24,27H,6-7,10-13H2,1-5H3/b25-17+. The van der Waals surface area contributed by atoms with Crippen molar-refractivity contribution in [1.29, 1.82) is 0 Å². The predicted octanol–water partition coefficient (Wildman–Crippen LogP) is 4.37. The molecule has 0 amide bonds. The molecule has 0 fully saturated rings. The molecule has 158 valence electrons. The number of rotatable bonds is 12. The molecule has 29 heavy (non-hydrogen) atoms. The topological polar surface area (TPSA) is 61.8 Å². The van der Waals surface area contributed by atoms with E-state index in [1.54, 1.807) is 6.21 Å². The van der Waals surface area contributed by atoms with Gasteiger partial charge in [0.05, 0.1) is 17.6 Å². The first-order valence-corrected chi connectivity index (χ1v) is 10.5. The molecule has 0 atom stereocenters. The van der Waals surface area contributed by atoms with Crippen LogP contribution in [0, 0.1) is 13.8 Å². The summed E-state index contributed by atoms with van der Waals surface area (Å²) in [6.07, 6.45) is 3.94. The van der Waals surface area contributed by atoms with Crippen LogP contribution in [0.3, 0.4) is 0 Å². The fourth-order valence-corrected chi connectivity index (χ4v) is 3.03. The number of hydrogen-bond acceptors (Lipinski definition) is 6. The molecule has 0 aliphatic heterocycles. The molecule has 2 N–H and O–H groups in total. The van der Waals surface area contributed by atoms with Crippen molar-refractivity contribution in [3.63, 3.8) is 0 Å². The van der Waals surface area contributed by atoms with E-state index < -0.39 is 0 Å². The first-order chi connectivity index (χ1) is 14.1. The Kier molecular flexibility index (Phi) is 9.44. The van der Waals surface area contributed by atoms with Crippen molar-refractivity contribution in [2.75, 3.05) is 43.6 Å². The molecule has 0 bridgehead atoms. The average Bonchev–Trinajstić information content (AvgIpc) is 2.70. The van der Waals surface area contributed by atoms with Crippen LogP contribution in [0.4, 0.5) is 11.4 Å². The number of aryl methyl sites for hydroxylation is 2. The van der Waals surface area contributed by atoms with Gasteiger partial charge in [0.15, 0.2) is 0 Å². The zero-order valence-corrected chi connectivity index (χ0v) is 18.5. The van der Waals surface area contributed by atoms with E-state index in [4.69, 9.17) is 4.74 Å². The van der Waals surface area contributed by atoms with Gasteiger partial charge in [-0.15, -0.1) is 0 Å². The molecule has 1 aromatic heterocycles. The maximum Gasteiger partial charge on any atom is 0.215 e. The van der Waals surface area contributed by atoms with Crippen LogP contribution in [0.1, 0.15) is 43.5 Å². The molecule has 0 radical (unpaired) electrons. The third-order valence-electron chi connectivity index (χ3n) is 4.54. The Morgan fingerprint density at radius 1 is 1.10 bits per heavy atom. The summed E-state index contributed by atoms with van der Waals surface area (Å²) in [5, 5.41) is 7.51. The third-order valence-corrected chi connectivity index (χ3v) is 4.54. The highest BCUT2D eigenvalue weighted by Gasteiger charge is 2.09. The molecule has 0 aliphatic carbocycles. The van der Waals surface area contributed by atoms with E-state index in [1.165, 1.54) is 5.56 Å². The maximum absolute atomic E-state index is 5.85. The minimum atomic E-state index is 0.575. The summed E-state index contributed by atoms with van der Waals surface area (Å²) in [6, 6.07) is 10.4.